The van der Waals surface area contributed by atoms with Gasteiger partial charge in [-0.25, -0.2) is 4.31 Å². The third kappa shape index (κ3) is 1.79. The molecule has 2 heterocycles. The molecule has 1 amide bonds. The van der Waals surface area contributed by atoms with Gasteiger partial charge in [0.25, 0.3) is 0 Å². The third-order valence-electron chi connectivity index (χ3n) is 3.04. The number of ether oxygens (including phenoxy) is 1. The molecule has 2 saturated heterocycles. The van der Waals surface area contributed by atoms with Crippen LogP contribution in [0.4, 0.5) is 0 Å². The zero-order valence-electron chi connectivity index (χ0n) is 8.94. The van der Waals surface area contributed by atoms with Gasteiger partial charge in [0.1, 0.15) is 0 Å². The summed E-state index contributed by atoms with van der Waals surface area (Å²) in [5.74, 6) is 0.0297. The van der Waals surface area contributed by atoms with Crippen LogP contribution in [0, 0.1) is 0 Å². The maximum absolute atomic E-state index is 11.5. The Morgan fingerprint density at radius 1 is 1.53 bits per heavy atom. The number of amides is 1. The van der Waals surface area contributed by atoms with Gasteiger partial charge in [-0.1, -0.05) is 18.5 Å². The lowest BCUT2D eigenvalue weighted by Crippen LogP contribution is -2.69. The van der Waals surface area contributed by atoms with Crippen LogP contribution in [0.15, 0.2) is 12.7 Å². The Balaban J connectivity index is 2.06. The van der Waals surface area contributed by atoms with E-state index in [0.29, 0.717) is 0 Å². The minimum Gasteiger partial charge on any atom is -0.377 e. The van der Waals surface area contributed by atoms with E-state index in [1.165, 1.54) is 6.08 Å². The molecule has 0 saturated carbocycles. The highest BCUT2D eigenvalue weighted by Gasteiger charge is 2.48. The molecule has 2 aliphatic heterocycles. The average Bonchev–Trinajstić information content (AvgIpc) is 2.24. The van der Waals surface area contributed by atoms with Crippen LogP contribution in [0.25, 0.3) is 0 Å². The topological polar surface area (TPSA) is 32.8 Å². The van der Waals surface area contributed by atoms with E-state index in [-0.39, 0.29) is 11.4 Å². The molecule has 1 spiro atoms. The van der Waals surface area contributed by atoms with Crippen LogP contribution in [0.3, 0.4) is 0 Å². The number of rotatable bonds is 2. The van der Waals surface area contributed by atoms with Crippen LogP contribution in [-0.2, 0) is 9.53 Å². The predicted molar refractivity (Wildman–Crippen MR) is 60.5 cm³/mol. The van der Waals surface area contributed by atoms with E-state index in [1.54, 1.807) is 11.9 Å². The summed E-state index contributed by atoms with van der Waals surface area (Å²) in [5.41, 5.74) is 0.0519. The van der Waals surface area contributed by atoms with Crippen molar-refractivity contribution in [1.82, 2.24) is 9.21 Å². The average molecular weight is 228 g/mol. The van der Waals surface area contributed by atoms with Gasteiger partial charge in [-0.2, -0.15) is 0 Å². The van der Waals surface area contributed by atoms with Gasteiger partial charge in [0, 0.05) is 19.6 Å². The van der Waals surface area contributed by atoms with E-state index < -0.39 is 0 Å². The number of hydrogen-bond donors (Lipinski definition) is 0. The fraction of sp³-hybridized carbons (Fsp3) is 0.700. The van der Waals surface area contributed by atoms with Crippen LogP contribution in [0.1, 0.15) is 0 Å². The van der Waals surface area contributed by atoms with Crippen molar-refractivity contribution in [3.05, 3.63) is 12.7 Å². The molecule has 2 aliphatic rings. The first kappa shape index (κ1) is 11.0. The molecule has 0 aromatic heterocycles. The molecule has 4 nitrogen and oxygen atoms in total. The van der Waals surface area contributed by atoms with Gasteiger partial charge in [0.15, 0.2) is 0 Å². The molecule has 0 radical (unpaired) electrons. The second-order valence-corrected chi connectivity index (χ2v) is 4.77. The Morgan fingerprint density at radius 3 is 2.73 bits per heavy atom. The van der Waals surface area contributed by atoms with Gasteiger partial charge in [-0.3, -0.25) is 4.79 Å². The van der Waals surface area contributed by atoms with Crippen molar-refractivity contribution < 1.29 is 9.53 Å². The first-order chi connectivity index (χ1) is 7.22. The molecule has 2 fully saturated rings. The van der Waals surface area contributed by atoms with Crippen molar-refractivity contribution in [2.24, 2.45) is 0 Å². The summed E-state index contributed by atoms with van der Waals surface area (Å²) < 4.78 is 7.63. The Labute approximate surface area is 94.4 Å². The normalized spacial score (nSPS) is 25.0. The SMILES string of the molecule is C=CC(=O)N1CCN(SC)C2(COC2)C1. The van der Waals surface area contributed by atoms with Crippen LogP contribution >= 0.6 is 11.9 Å². The van der Waals surface area contributed by atoms with Crippen molar-refractivity contribution in [3.63, 3.8) is 0 Å². The number of carbonyl (C=O) groups is 1. The van der Waals surface area contributed by atoms with E-state index in [0.717, 1.165) is 32.8 Å². The lowest BCUT2D eigenvalue weighted by Gasteiger charge is -2.53. The Bertz CT molecular complexity index is 279. The summed E-state index contributed by atoms with van der Waals surface area (Å²) in [5, 5.41) is 0. The van der Waals surface area contributed by atoms with Gasteiger partial charge in [0.05, 0.1) is 18.8 Å². The van der Waals surface area contributed by atoms with Crippen LogP contribution < -0.4 is 0 Å². The van der Waals surface area contributed by atoms with Gasteiger partial charge >= 0.3 is 0 Å². The van der Waals surface area contributed by atoms with E-state index in [1.807, 2.05) is 4.90 Å². The van der Waals surface area contributed by atoms with Crippen molar-refractivity contribution >= 4 is 17.9 Å². The highest BCUT2D eigenvalue weighted by atomic mass is 32.2. The zero-order chi connectivity index (χ0) is 10.9. The minimum atomic E-state index is 0.0297. The van der Waals surface area contributed by atoms with Gasteiger partial charge in [0.2, 0.25) is 5.91 Å². The Morgan fingerprint density at radius 2 is 2.27 bits per heavy atom. The van der Waals surface area contributed by atoms with E-state index in [4.69, 9.17) is 4.74 Å². The standard InChI is InChI=1S/C10H16N2O2S/c1-3-9(13)11-4-5-12(15-2)10(6-11)7-14-8-10/h3H,1,4-8H2,2H3. The van der Waals surface area contributed by atoms with Crippen molar-refractivity contribution in [3.8, 4) is 0 Å². The highest BCUT2D eigenvalue weighted by molar-refractivity contribution is 7.96. The number of nitrogens with zero attached hydrogens (tertiary/aromatic N) is 2. The van der Waals surface area contributed by atoms with Gasteiger partial charge in [-0.15, -0.1) is 0 Å². The molecular formula is C10H16N2O2S. The summed E-state index contributed by atoms with van der Waals surface area (Å²) in [7, 11) is 0. The molecule has 0 bridgehead atoms. The molecule has 0 aromatic carbocycles. The van der Waals surface area contributed by atoms with Crippen molar-refractivity contribution in [1.29, 1.82) is 0 Å². The molecule has 0 atom stereocenters. The second-order valence-electron chi connectivity index (χ2n) is 3.97. The first-order valence-electron chi connectivity index (χ1n) is 5.03. The molecule has 0 unspecified atom stereocenters. The molecule has 0 aliphatic carbocycles. The third-order valence-corrected chi connectivity index (χ3v) is 4.05. The first-order valence-corrected chi connectivity index (χ1v) is 6.21. The summed E-state index contributed by atoms with van der Waals surface area (Å²) in [6.45, 7) is 7.44. The lowest BCUT2D eigenvalue weighted by molar-refractivity contribution is -0.152. The maximum Gasteiger partial charge on any atom is 0.246 e. The maximum atomic E-state index is 11.5. The second kappa shape index (κ2) is 4.15. The van der Waals surface area contributed by atoms with E-state index in [9.17, 15) is 4.79 Å². The zero-order valence-corrected chi connectivity index (χ0v) is 9.76. The quantitative estimate of drug-likeness (QED) is 0.505. The summed E-state index contributed by atoms with van der Waals surface area (Å²) in [4.78, 5) is 13.4. The van der Waals surface area contributed by atoms with Crippen LogP contribution in [0.5, 0.6) is 0 Å². The van der Waals surface area contributed by atoms with Crippen molar-refractivity contribution in [2.75, 3.05) is 39.1 Å². The Hall–Kier alpha value is -0.520. The minimum absolute atomic E-state index is 0.0297. The smallest absolute Gasteiger partial charge is 0.246 e. The fourth-order valence-electron chi connectivity index (χ4n) is 2.14. The van der Waals surface area contributed by atoms with E-state index >= 15 is 0 Å². The Kier molecular flexibility index (Phi) is 3.04. The van der Waals surface area contributed by atoms with Gasteiger partial charge < -0.3 is 9.64 Å². The number of carbonyl (C=O) groups excluding carboxylic acids is 1. The molecule has 84 valence electrons. The van der Waals surface area contributed by atoms with Crippen molar-refractivity contribution in [2.45, 2.75) is 5.54 Å². The van der Waals surface area contributed by atoms with E-state index in [2.05, 4.69) is 17.1 Å². The largest absolute Gasteiger partial charge is 0.377 e. The molecule has 0 aromatic rings. The molecule has 2 rings (SSSR count). The molecular weight excluding hydrogens is 212 g/mol. The summed E-state index contributed by atoms with van der Waals surface area (Å²) in [6.07, 6.45) is 3.47. The predicted octanol–water partition coefficient (Wildman–Crippen LogP) is 0.364. The van der Waals surface area contributed by atoms with Crippen LogP contribution in [0.2, 0.25) is 0 Å². The highest BCUT2D eigenvalue weighted by Crippen LogP contribution is 2.33. The monoisotopic (exact) mass is 228 g/mol. The fourth-order valence-corrected chi connectivity index (χ4v) is 2.95. The number of piperazine rings is 1. The molecule has 0 N–H and O–H groups in total. The number of hydrogen-bond acceptors (Lipinski definition) is 4. The lowest BCUT2D eigenvalue weighted by atomic mass is 9.94. The summed E-state index contributed by atoms with van der Waals surface area (Å²) in [6, 6.07) is 0. The molecule has 5 heteroatoms. The van der Waals surface area contributed by atoms with Crippen LogP contribution in [-0.4, -0.2) is 59.8 Å². The summed E-state index contributed by atoms with van der Waals surface area (Å²) >= 11 is 1.74. The van der Waals surface area contributed by atoms with Gasteiger partial charge in [-0.05, 0) is 12.3 Å². The molecule has 15 heavy (non-hydrogen) atoms.